The van der Waals surface area contributed by atoms with Gasteiger partial charge in [0.15, 0.2) is 0 Å². The van der Waals surface area contributed by atoms with Crippen LogP contribution in [0.15, 0.2) is 36.4 Å². The zero-order valence-corrected chi connectivity index (χ0v) is 11.4. The van der Waals surface area contributed by atoms with E-state index in [1.54, 1.807) is 18.2 Å². The Morgan fingerprint density at radius 2 is 1.95 bits per heavy atom. The molecule has 2 aromatic rings. The maximum absolute atomic E-state index is 13.1. The number of rotatable bonds is 5. The van der Waals surface area contributed by atoms with Gasteiger partial charge in [-0.2, -0.15) is 0 Å². The summed E-state index contributed by atoms with van der Waals surface area (Å²) in [5.74, 6) is 0.693. The number of halogens is 1. The lowest BCUT2D eigenvalue weighted by Gasteiger charge is -2.13. The molecule has 3 N–H and O–H groups in total. The predicted octanol–water partition coefficient (Wildman–Crippen LogP) is 3.56. The van der Waals surface area contributed by atoms with Crippen molar-refractivity contribution in [1.82, 2.24) is 0 Å². The molecule has 0 amide bonds. The van der Waals surface area contributed by atoms with Crippen molar-refractivity contribution < 1.29 is 13.9 Å². The molecule has 0 unspecified atom stereocenters. The van der Waals surface area contributed by atoms with Gasteiger partial charge in [-0.05, 0) is 31.2 Å². The number of nitrogens with two attached hydrogens (primary N) is 1. The lowest BCUT2D eigenvalue weighted by atomic mass is 10.2. The monoisotopic (exact) mass is 276 g/mol. The van der Waals surface area contributed by atoms with Gasteiger partial charge in [-0.1, -0.05) is 0 Å². The summed E-state index contributed by atoms with van der Waals surface area (Å²) in [6.45, 7) is 2.43. The number of nitrogen functional groups attached to an aromatic ring is 1. The lowest BCUT2D eigenvalue weighted by molar-refractivity contribution is 0.342. The van der Waals surface area contributed by atoms with E-state index in [0.717, 1.165) is 5.69 Å². The number of nitrogens with one attached hydrogen (secondary N) is 1. The molecule has 4 nitrogen and oxygen atoms in total. The molecule has 20 heavy (non-hydrogen) atoms. The van der Waals surface area contributed by atoms with Gasteiger partial charge in [-0.15, -0.1) is 0 Å². The Morgan fingerprint density at radius 3 is 2.65 bits per heavy atom. The van der Waals surface area contributed by atoms with Crippen molar-refractivity contribution in [2.45, 2.75) is 6.92 Å². The van der Waals surface area contributed by atoms with Crippen LogP contribution in [-0.2, 0) is 0 Å². The SMILES string of the molecule is CCOc1cc(Nc2ccc(F)cc2OC)ccc1N. The van der Waals surface area contributed by atoms with E-state index in [1.807, 2.05) is 13.0 Å². The van der Waals surface area contributed by atoms with E-state index in [9.17, 15) is 4.39 Å². The smallest absolute Gasteiger partial charge is 0.145 e. The Hall–Kier alpha value is -2.43. The molecular weight excluding hydrogens is 259 g/mol. The van der Waals surface area contributed by atoms with E-state index in [-0.39, 0.29) is 5.82 Å². The van der Waals surface area contributed by atoms with Crippen LogP contribution in [0.3, 0.4) is 0 Å². The van der Waals surface area contributed by atoms with Crippen molar-refractivity contribution in [3.63, 3.8) is 0 Å². The maximum atomic E-state index is 13.1. The van der Waals surface area contributed by atoms with Crippen molar-refractivity contribution >= 4 is 17.1 Å². The van der Waals surface area contributed by atoms with Crippen molar-refractivity contribution in [2.24, 2.45) is 0 Å². The highest BCUT2D eigenvalue weighted by atomic mass is 19.1. The molecule has 0 aromatic heterocycles. The Bertz CT molecular complexity index is 602. The normalized spacial score (nSPS) is 10.2. The van der Waals surface area contributed by atoms with E-state index in [0.29, 0.717) is 29.5 Å². The summed E-state index contributed by atoms with van der Waals surface area (Å²) in [6.07, 6.45) is 0. The van der Waals surface area contributed by atoms with Gasteiger partial charge in [0, 0.05) is 17.8 Å². The third-order valence-electron chi connectivity index (χ3n) is 2.76. The van der Waals surface area contributed by atoms with Crippen LogP contribution in [0.5, 0.6) is 11.5 Å². The summed E-state index contributed by atoms with van der Waals surface area (Å²) in [6, 6.07) is 9.67. The van der Waals surface area contributed by atoms with E-state index >= 15 is 0 Å². The molecule has 106 valence electrons. The van der Waals surface area contributed by atoms with Crippen LogP contribution < -0.4 is 20.5 Å². The van der Waals surface area contributed by atoms with Crippen molar-refractivity contribution in [1.29, 1.82) is 0 Å². The molecule has 0 bridgehead atoms. The van der Waals surface area contributed by atoms with Crippen molar-refractivity contribution in [2.75, 3.05) is 24.8 Å². The van der Waals surface area contributed by atoms with Crippen LogP contribution in [0.1, 0.15) is 6.92 Å². The molecule has 0 aliphatic carbocycles. The van der Waals surface area contributed by atoms with Gasteiger partial charge in [0.1, 0.15) is 17.3 Å². The van der Waals surface area contributed by atoms with Crippen LogP contribution in [0.2, 0.25) is 0 Å². The fourth-order valence-corrected chi connectivity index (χ4v) is 1.82. The summed E-state index contributed by atoms with van der Waals surface area (Å²) in [5, 5.41) is 3.15. The molecule has 0 spiro atoms. The van der Waals surface area contributed by atoms with E-state index < -0.39 is 0 Å². The number of anilines is 3. The zero-order chi connectivity index (χ0) is 14.5. The standard InChI is InChI=1S/C15H17FN2O2/c1-3-20-14-9-11(5-6-12(14)17)18-13-7-4-10(16)8-15(13)19-2/h4-9,18H,3,17H2,1-2H3. The summed E-state index contributed by atoms with van der Waals surface area (Å²) in [4.78, 5) is 0. The summed E-state index contributed by atoms with van der Waals surface area (Å²) in [7, 11) is 1.49. The Kier molecular flexibility index (Phi) is 4.30. The molecule has 0 aliphatic rings. The molecule has 0 atom stereocenters. The highest BCUT2D eigenvalue weighted by molar-refractivity contribution is 5.70. The topological polar surface area (TPSA) is 56.5 Å². The quantitative estimate of drug-likeness (QED) is 0.820. The average Bonchev–Trinajstić information content (AvgIpc) is 2.44. The van der Waals surface area contributed by atoms with Crippen LogP contribution in [0, 0.1) is 5.82 Å². The van der Waals surface area contributed by atoms with Gasteiger partial charge in [0.25, 0.3) is 0 Å². The van der Waals surface area contributed by atoms with Crippen molar-refractivity contribution in [3.8, 4) is 11.5 Å². The number of ether oxygens (including phenoxy) is 2. The molecule has 5 heteroatoms. The molecule has 0 heterocycles. The third kappa shape index (κ3) is 3.12. The van der Waals surface area contributed by atoms with Gasteiger partial charge in [0.2, 0.25) is 0 Å². The minimum atomic E-state index is -0.347. The van der Waals surface area contributed by atoms with Crippen LogP contribution >= 0.6 is 0 Å². The van der Waals surface area contributed by atoms with Gasteiger partial charge >= 0.3 is 0 Å². The van der Waals surface area contributed by atoms with E-state index in [4.69, 9.17) is 15.2 Å². The molecule has 0 aliphatic heterocycles. The van der Waals surface area contributed by atoms with Gasteiger partial charge in [-0.25, -0.2) is 4.39 Å². The second kappa shape index (κ2) is 6.14. The molecular formula is C15H17FN2O2. The lowest BCUT2D eigenvalue weighted by Crippen LogP contribution is -1.99. The fraction of sp³-hybridized carbons (Fsp3) is 0.200. The molecule has 2 rings (SSSR count). The predicted molar refractivity (Wildman–Crippen MR) is 78.3 cm³/mol. The second-order valence-corrected chi connectivity index (χ2v) is 4.16. The van der Waals surface area contributed by atoms with Crippen molar-refractivity contribution in [3.05, 3.63) is 42.2 Å². The van der Waals surface area contributed by atoms with Crippen LogP contribution in [-0.4, -0.2) is 13.7 Å². The highest BCUT2D eigenvalue weighted by Gasteiger charge is 2.07. The molecule has 0 saturated heterocycles. The number of hydrogen-bond donors (Lipinski definition) is 2. The minimum Gasteiger partial charge on any atom is -0.494 e. The number of methoxy groups -OCH3 is 1. The van der Waals surface area contributed by atoms with Crippen LogP contribution in [0.4, 0.5) is 21.5 Å². The van der Waals surface area contributed by atoms with Gasteiger partial charge in [0.05, 0.1) is 25.1 Å². The first-order valence-electron chi connectivity index (χ1n) is 6.27. The third-order valence-corrected chi connectivity index (χ3v) is 2.76. The molecule has 0 saturated carbocycles. The second-order valence-electron chi connectivity index (χ2n) is 4.16. The average molecular weight is 276 g/mol. The fourth-order valence-electron chi connectivity index (χ4n) is 1.82. The first-order chi connectivity index (χ1) is 9.63. The summed E-state index contributed by atoms with van der Waals surface area (Å²) < 4.78 is 23.7. The largest absolute Gasteiger partial charge is 0.494 e. The zero-order valence-electron chi connectivity index (χ0n) is 11.4. The first kappa shape index (κ1) is 14.0. The summed E-state index contributed by atoms with van der Waals surface area (Å²) >= 11 is 0. The van der Waals surface area contributed by atoms with Gasteiger partial charge in [-0.3, -0.25) is 0 Å². The Labute approximate surface area is 117 Å². The van der Waals surface area contributed by atoms with Crippen LogP contribution in [0.25, 0.3) is 0 Å². The number of benzene rings is 2. The minimum absolute atomic E-state index is 0.347. The molecule has 0 fully saturated rings. The highest BCUT2D eigenvalue weighted by Crippen LogP contribution is 2.31. The molecule has 2 aromatic carbocycles. The Morgan fingerprint density at radius 1 is 1.15 bits per heavy atom. The maximum Gasteiger partial charge on any atom is 0.145 e. The Balaban J connectivity index is 2.28. The summed E-state index contributed by atoms with van der Waals surface area (Å²) in [5.41, 5.74) is 7.84. The number of hydrogen-bond acceptors (Lipinski definition) is 4. The van der Waals surface area contributed by atoms with Gasteiger partial charge < -0.3 is 20.5 Å². The van der Waals surface area contributed by atoms with E-state index in [2.05, 4.69) is 5.32 Å². The first-order valence-corrected chi connectivity index (χ1v) is 6.27. The van der Waals surface area contributed by atoms with E-state index in [1.165, 1.54) is 19.2 Å². The molecule has 0 radical (unpaired) electrons.